The molecule has 2 fully saturated rings. The first-order valence-electron chi connectivity index (χ1n) is 7.13. The summed E-state index contributed by atoms with van der Waals surface area (Å²) >= 11 is 5.93. The van der Waals surface area contributed by atoms with Crippen molar-refractivity contribution in [2.24, 2.45) is 32.4 Å². The molecule has 0 saturated heterocycles. The van der Waals surface area contributed by atoms with Crippen LogP contribution in [0.2, 0.25) is 5.02 Å². The molecule has 2 saturated carbocycles. The number of hydrogen-bond donors (Lipinski definition) is 0. The third-order valence-corrected chi connectivity index (χ3v) is 5.49. The van der Waals surface area contributed by atoms with E-state index in [1.54, 1.807) is 0 Å². The van der Waals surface area contributed by atoms with Gasteiger partial charge in [0.1, 0.15) is 18.1 Å². The number of nitrogens with zero attached hydrogens (tertiary/aromatic N) is 5. The third kappa shape index (κ3) is 1.34. The molecule has 2 aliphatic carbocycles. The SMILES string of the molecule is Clc1ccc(CN2N=N[C@H]3[C@H]4C[C@H]([C@@H]5N=N[C@H]45)[C@H]32)cc1. The van der Waals surface area contributed by atoms with Crippen LogP contribution in [0.5, 0.6) is 0 Å². The van der Waals surface area contributed by atoms with Crippen LogP contribution in [0.15, 0.2) is 44.8 Å². The summed E-state index contributed by atoms with van der Waals surface area (Å²) < 4.78 is 0. The highest BCUT2D eigenvalue weighted by Crippen LogP contribution is 2.56. The standard InChI is InChI=1S/C14H14ClN5/c15-8-3-1-7(2-4-8)6-20-14-10-5-9(13(14)18-19-20)11-12(10)17-16-11/h1-4,9-14H,5-6H2/t9-,10+,11+,12-,13-,14+/m0/s1. The number of fused-ring (bicyclic) bond motifs is 8. The topological polar surface area (TPSA) is 52.7 Å². The van der Waals surface area contributed by atoms with Gasteiger partial charge in [0.05, 0.1) is 12.6 Å². The minimum atomic E-state index is 0.341. The minimum Gasteiger partial charge on any atom is -0.269 e. The molecule has 0 spiro atoms. The highest BCUT2D eigenvalue weighted by Gasteiger charge is 2.65. The van der Waals surface area contributed by atoms with Crippen LogP contribution in [-0.4, -0.2) is 29.2 Å². The van der Waals surface area contributed by atoms with Crippen molar-refractivity contribution in [3.8, 4) is 0 Å². The molecule has 4 aliphatic rings. The van der Waals surface area contributed by atoms with E-state index in [2.05, 4.69) is 37.7 Å². The summed E-state index contributed by atoms with van der Waals surface area (Å²) in [5.41, 5.74) is 1.23. The third-order valence-electron chi connectivity index (χ3n) is 5.23. The Morgan fingerprint density at radius 3 is 2.50 bits per heavy atom. The number of halogens is 1. The fourth-order valence-corrected chi connectivity index (χ4v) is 4.46. The maximum absolute atomic E-state index is 5.93. The molecule has 5 nitrogen and oxygen atoms in total. The first kappa shape index (κ1) is 11.2. The molecule has 102 valence electrons. The van der Waals surface area contributed by atoms with E-state index in [1.165, 1.54) is 12.0 Å². The highest BCUT2D eigenvalue weighted by molar-refractivity contribution is 6.30. The van der Waals surface area contributed by atoms with Gasteiger partial charge in [-0.15, -0.1) is 0 Å². The Bertz CT molecular complexity index is 612. The van der Waals surface area contributed by atoms with Crippen molar-refractivity contribution in [1.82, 2.24) is 5.01 Å². The van der Waals surface area contributed by atoms with E-state index in [-0.39, 0.29) is 0 Å². The highest BCUT2D eigenvalue weighted by atomic mass is 35.5. The molecule has 1 aromatic rings. The van der Waals surface area contributed by atoms with Crippen molar-refractivity contribution in [3.63, 3.8) is 0 Å². The van der Waals surface area contributed by atoms with Gasteiger partial charge in [-0.25, -0.2) is 0 Å². The lowest BCUT2D eigenvalue weighted by molar-refractivity contribution is 0.124. The molecule has 1 aromatic carbocycles. The molecule has 0 radical (unpaired) electrons. The van der Waals surface area contributed by atoms with Crippen LogP contribution in [0.25, 0.3) is 0 Å². The summed E-state index contributed by atoms with van der Waals surface area (Å²) in [6.07, 6.45) is 1.22. The molecule has 2 heterocycles. The Morgan fingerprint density at radius 1 is 1.00 bits per heavy atom. The summed E-state index contributed by atoms with van der Waals surface area (Å²) in [4.78, 5) is 0. The largest absolute Gasteiger partial charge is 0.269 e. The molecule has 2 bridgehead atoms. The van der Waals surface area contributed by atoms with Gasteiger partial charge in [0, 0.05) is 16.9 Å². The van der Waals surface area contributed by atoms with Crippen LogP contribution in [0.4, 0.5) is 0 Å². The Kier molecular flexibility index (Phi) is 2.12. The second-order valence-corrected chi connectivity index (χ2v) is 6.62. The molecule has 2 aliphatic heterocycles. The Labute approximate surface area is 121 Å². The fraction of sp³-hybridized carbons (Fsp3) is 0.571. The zero-order chi connectivity index (χ0) is 13.3. The van der Waals surface area contributed by atoms with Crippen LogP contribution in [-0.2, 0) is 6.54 Å². The first-order chi connectivity index (χ1) is 9.81. The molecule has 6 heteroatoms. The van der Waals surface area contributed by atoms with E-state index in [0.717, 1.165) is 11.6 Å². The van der Waals surface area contributed by atoms with Crippen LogP contribution < -0.4 is 0 Å². The maximum Gasteiger partial charge on any atom is 0.100 e. The van der Waals surface area contributed by atoms with Crippen LogP contribution in [0, 0.1) is 11.8 Å². The summed E-state index contributed by atoms with van der Waals surface area (Å²) in [6, 6.07) is 9.63. The predicted molar refractivity (Wildman–Crippen MR) is 73.5 cm³/mol. The second-order valence-electron chi connectivity index (χ2n) is 6.19. The van der Waals surface area contributed by atoms with Gasteiger partial charge >= 0.3 is 0 Å². The van der Waals surface area contributed by atoms with Gasteiger partial charge in [0.2, 0.25) is 0 Å². The Hall–Kier alpha value is -1.49. The average Bonchev–Trinajstić information content (AvgIpc) is 3.01. The summed E-state index contributed by atoms with van der Waals surface area (Å²) in [6.45, 7) is 0.805. The molecular weight excluding hydrogens is 274 g/mol. The van der Waals surface area contributed by atoms with E-state index in [9.17, 15) is 0 Å². The molecule has 5 rings (SSSR count). The van der Waals surface area contributed by atoms with Crippen molar-refractivity contribution < 1.29 is 0 Å². The molecule has 0 aromatic heterocycles. The van der Waals surface area contributed by atoms with Crippen molar-refractivity contribution >= 4 is 11.6 Å². The average molecular weight is 288 g/mol. The first-order valence-corrected chi connectivity index (χ1v) is 7.51. The molecule has 0 N–H and O–H groups in total. The molecule has 20 heavy (non-hydrogen) atoms. The molecule has 0 amide bonds. The van der Waals surface area contributed by atoms with E-state index < -0.39 is 0 Å². The summed E-state index contributed by atoms with van der Waals surface area (Å²) in [5, 5.41) is 20.5. The van der Waals surface area contributed by atoms with Gasteiger partial charge in [-0.2, -0.15) is 15.3 Å². The second kappa shape index (κ2) is 3.79. The monoisotopic (exact) mass is 287 g/mol. The van der Waals surface area contributed by atoms with Crippen molar-refractivity contribution in [2.75, 3.05) is 0 Å². The van der Waals surface area contributed by atoms with Gasteiger partial charge in [0.25, 0.3) is 0 Å². The minimum absolute atomic E-state index is 0.341. The van der Waals surface area contributed by atoms with Gasteiger partial charge in [0.15, 0.2) is 0 Å². The predicted octanol–water partition coefficient (Wildman–Crippen LogP) is 3.11. The lowest BCUT2D eigenvalue weighted by atomic mass is 9.82. The normalized spacial score (nSPS) is 42.8. The fourth-order valence-electron chi connectivity index (χ4n) is 4.33. The van der Waals surface area contributed by atoms with Crippen molar-refractivity contribution in [3.05, 3.63) is 34.9 Å². The lowest BCUT2D eigenvalue weighted by Crippen LogP contribution is -2.51. The molecular formula is C14H14ClN5. The van der Waals surface area contributed by atoms with E-state index in [1.807, 2.05) is 12.1 Å². The zero-order valence-electron chi connectivity index (χ0n) is 10.8. The van der Waals surface area contributed by atoms with Gasteiger partial charge in [-0.05, 0) is 24.1 Å². The van der Waals surface area contributed by atoms with Gasteiger partial charge in [-0.1, -0.05) is 29.0 Å². The molecule has 0 unspecified atom stereocenters. The van der Waals surface area contributed by atoms with E-state index in [0.29, 0.717) is 36.0 Å². The van der Waals surface area contributed by atoms with Crippen LogP contribution >= 0.6 is 11.6 Å². The number of azo groups is 1. The Morgan fingerprint density at radius 2 is 1.75 bits per heavy atom. The summed E-state index contributed by atoms with van der Waals surface area (Å²) in [7, 11) is 0. The summed E-state index contributed by atoms with van der Waals surface area (Å²) in [5.74, 6) is 1.17. The van der Waals surface area contributed by atoms with Gasteiger partial charge in [-0.3, -0.25) is 5.01 Å². The van der Waals surface area contributed by atoms with Crippen molar-refractivity contribution in [1.29, 1.82) is 0 Å². The smallest absolute Gasteiger partial charge is 0.100 e. The van der Waals surface area contributed by atoms with Gasteiger partial charge < -0.3 is 0 Å². The van der Waals surface area contributed by atoms with Crippen molar-refractivity contribution in [2.45, 2.75) is 37.1 Å². The Balaban J connectivity index is 1.40. The van der Waals surface area contributed by atoms with E-state index >= 15 is 0 Å². The number of benzene rings is 1. The number of hydrogen-bond acceptors (Lipinski definition) is 5. The molecule has 6 atom stereocenters. The lowest BCUT2D eigenvalue weighted by Gasteiger charge is -2.38. The van der Waals surface area contributed by atoms with Crippen LogP contribution in [0.3, 0.4) is 0 Å². The maximum atomic E-state index is 5.93. The van der Waals surface area contributed by atoms with E-state index in [4.69, 9.17) is 11.6 Å². The van der Waals surface area contributed by atoms with Crippen LogP contribution in [0.1, 0.15) is 12.0 Å². The quantitative estimate of drug-likeness (QED) is 0.824. The number of rotatable bonds is 2. The zero-order valence-corrected chi connectivity index (χ0v) is 11.6.